The summed E-state index contributed by atoms with van der Waals surface area (Å²) in [5, 5.41) is 9.53. The number of halogens is 1. The van der Waals surface area contributed by atoms with Crippen molar-refractivity contribution in [2.24, 2.45) is 0 Å². The van der Waals surface area contributed by atoms with Crippen LogP contribution in [0.5, 0.6) is 0 Å². The Balaban J connectivity index is 2.22. The van der Waals surface area contributed by atoms with E-state index >= 15 is 0 Å². The van der Waals surface area contributed by atoms with Crippen molar-refractivity contribution >= 4 is 12.8 Å². The first-order chi connectivity index (χ1) is 6.61. The molecule has 2 heterocycles. The molecular formula is C9H15BFNO2. The summed E-state index contributed by atoms with van der Waals surface area (Å²) in [7, 11) is -0.642. The van der Waals surface area contributed by atoms with Gasteiger partial charge in [0.15, 0.2) is 12.0 Å². The number of carbonyl (C=O) groups excluding carboxylic acids is 1. The summed E-state index contributed by atoms with van der Waals surface area (Å²) in [4.78, 5) is 13.1. The van der Waals surface area contributed by atoms with Crippen molar-refractivity contribution in [1.29, 1.82) is 0 Å². The Hall–Kier alpha value is -0.415. The van der Waals surface area contributed by atoms with Gasteiger partial charge in [0.25, 0.3) is 0 Å². The lowest BCUT2D eigenvalue weighted by Crippen LogP contribution is -2.62. The average molecular weight is 199 g/mol. The van der Waals surface area contributed by atoms with Crippen LogP contribution in [0.2, 0.25) is 6.82 Å². The molecule has 0 saturated carbocycles. The number of nitrogens with zero attached hydrogens (tertiary/aromatic N) is 1. The lowest BCUT2D eigenvalue weighted by atomic mass is 9.71. The monoisotopic (exact) mass is 199 g/mol. The number of hydrogen-bond acceptors (Lipinski definition) is 3. The molecule has 2 rings (SSSR count). The van der Waals surface area contributed by atoms with Crippen LogP contribution in [0.3, 0.4) is 0 Å². The second-order valence-corrected chi connectivity index (χ2v) is 4.30. The molecule has 0 amide bonds. The molecule has 0 radical (unpaired) electrons. The smallest absolute Gasteiger partial charge is 0.376 e. The zero-order valence-electron chi connectivity index (χ0n) is 8.32. The molecular weight excluding hydrogens is 184 g/mol. The zero-order valence-corrected chi connectivity index (χ0v) is 8.32. The van der Waals surface area contributed by atoms with Gasteiger partial charge in [-0.2, -0.15) is 0 Å². The number of hydrogen-bond donors (Lipinski definition) is 1. The molecule has 2 unspecified atom stereocenters. The normalized spacial score (nSPS) is 38.5. The summed E-state index contributed by atoms with van der Waals surface area (Å²) in [6.45, 7) is 1.65. The predicted molar refractivity (Wildman–Crippen MR) is 51.6 cm³/mol. The predicted octanol–water partition coefficient (Wildman–Crippen LogP) is 0.631. The number of rotatable bonds is 1. The molecule has 2 fully saturated rings. The third kappa shape index (κ3) is 1.48. The van der Waals surface area contributed by atoms with Crippen LogP contribution in [0.1, 0.15) is 25.7 Å². The molecule has 0 spiro atoms. The number of alkyl halides is 1. The summed E-state index contributed by atoms with van der Waals surface area (Å²) < 4.78 is 13.6. The first-order valence-corrected chi connectivity index (χ1v) is 5.23. The van der Waals surface area contributed by atoms with E-state index in [0.717, 1.165) is 12.8 Å². The van der Waals surface area contributed by atoms with E-state index in [1.807, 2.05) is 0 Å². The van der Waals surface area contributed by atoms with Gasteiger partial charge < -0.3 is 9.83 Å². The van der Waals surface area contributed by atoms with Crippen LogP contribution in [0.25, 0.3) is 0 Å². The van der Waals surface area contributed by atoms with E-state index in [1.165, 1.54) is 0 Å². The van der Waals surface area contributed by atoms with E-state index in [2.05, 4.69) is 0 Å². The van der Waals surface area contributed by atoms with Crippen LogP contribution < -0.4 is 0 Å². The van der Waals surface area contributed by atoms with E-state index < -0.39 is 13.2 Å². The molecule has 0 aromatic rings. The molecule has 0 aromatic heterocycles. The first-order valence-electron chi connectivity index (χ1n) is 5.23. The van der Waals surface area contributed by atoms with Gasteiger partial charge in [0, 0.05) is 18.5 Å². The Kier molecular flexibility index (Phi) is 2.62. The van der Waals surface area contributed by atoms with Crippen molar-refractivity contribution in [3.8, 4) is 0 Å². The lowest BCUT2D eigenvalue weighted by molar-refractivity contribution is -0.132. The van der Waals surface area contributed by atoms with Crippen LogP contribution >= 0.6 is 0 Å². The highest BCUT2D eigenvalue weighted by Gasteiger charge is 2.46. The van der Waals surface area contributed by atoms with Crippen LogP contribution in [0.15, 0.2) is 0 Å². The topological polar surface area (TPSA) is 40.5 Å². The average Bonchev–Trinajstić information content (AvgIpc) is 2.14. The fourth-order valence-electron chi connectivity index (χ4n) is 2.78. The van der Waals surface area contributed by atoms with Crippen molar-refractivity contribution in [2.75, 3.05) is 0 Å². The highest BCUT2D eigenvalue weighted by atomic mass is 19.1. The zero-order chi connectivity index (χ0) is 10.3. The van der Waals surface area contributed by atoms with Crippen molar-refractivity contribution in [1.82, 2.24) is 4.81 Å². The molecule has 14 heavy (non-hydrogen) atoms. The van der Waals surface area contributed by atoms with Crippen LogP contribution in [0, 0.1) is 0 Å². The summed E-state index contributed by atoms with van der Waals surface area (Å²) in [5.74, 6) is -0.281. The Morgan fingerprint density at radius 3 is 2.93 bits per heavy atom. The van der Waals surface area contributed by atoms with Gasteiger partial charge in [-0.05, 0) is 19.7 Å². The largest absolute Gasteiger partial charge is 0.437 e. The fraction of sp³-hybridized carbons (Fsp3) is 0.889. The first kappa shape index (κ1) is 10.1. The van der Waals surface area contributed by atoms with Crippen molar-refractivity contribution in [3.63, 3.8) is 0 Å². The molecule has 2 saturated heterocycles. The molecule has 2 aliphatic heterocycles. The quantitative estimate of drug-likeness (QED) is 0.629. The summed E-state index contributed by atoms with van der Waals surface area (Å²) in [5.41, 5.74) is 0. The standard InChI is InChI=1S/C9H15BFNO2/c1-10(14)12-6-3-2-4-7(12)9(11)8(13)5-6/h6-7,9,14H,2-5H2,1H3/t6?,7?,9-/m1/s1. The van der Waals surface area contributed by atoms with Crippen molar-refractivity contribution < 1.29 is 14.2 Å². The van der Waals surface area contributed by atoms with E-state index in [9.17, 15) is 14.2 Å². The van der Waals surface area contributed by atoms with Crippen molar-refractivity contribution in [3.05, 3.63) is 0 Å². The van der Waals surface area contributed by atoms with Crippen LogP contribution in [0.4, 0.5) is 4.39 Å². The van der Waals surface area contributed by atoms with E-state index in [0.29, 0.717) is 6.42 Å². The van der Waals surface area contributed by atoms with Gasteiger partial charge >= 0.3 is 7.05 Å². The minimum atomic E-state index is -1.39. The van der Waals surface area contributed by atoms with Gasteiger partial charge in [0.1, 0.15) is 0 Å². The van der Waals surface area contributed by atoms with Gasteiger partial charge in [0.2, 0.25) is 0 Å². The maximum absolute atomic E-state index is 13.6. The molecule has 78 valence electrons. The molecule has 3 atom stereocenters. The van der Waals surface area contributed by atoms with E-state index in [1.54, 1.807) is 11.6 Å². The fourth-order valence-corrected chi connectivity index (χ4v) is 2.78. The van der Waals surface area contributed by atoms with Crippen molar-refractivity contribution in [2.45, 2.75) is 50.8 Å². The van der Waals surface area contributed by atoms with Gasteiger partial charge in [-0.3, -0.25) is 4.79 Å². The number of ketones is 1. The van der Waals surface area contributed by atoms with Crippen LogP contribution in [-0.2, 0) is 4.79 Å². The Bertz CT molecular complexity index is 249. The summed E-state index contributed by atoms with van der Waals surface area (Å²) in [6.07, 6.45) is 1.43. The molecule has 0 aromatic carbocycles. The van der Waals surface area contributed by atoms with Gasteiger partial charge in [-0.25, -0.2) is 4.39 Å². The molecule has 5 heteroatoms. The SMILES string of the molecule is CB(O)N1C2CCCC1[C@@H](F)C(=O)C2. The second kappa shape index (κ2) is 3.63. The summed E-state index contributed by atoms with van der Waals surface area (Å²) >= 11 is 0. The summed E-state index contributed by atoms with van der Waals surface area (Å²) in [6, 6.07) is -0.316. The van der Waals surface area contributed by atoms with Gasteiger partial charge in [-0.1, -0.05) is 6.42 Å². The highest BCUT2D eigenvalue weighted by molar-refractivity contribution is 6.45. The number of carbonyl (C=O) groups is 1. The molecule has 3 nitrogen and oxygen atoms in total. The Morgan fingerprint density at radius 1 is 1.57 bits per heavy atom. The molecule has 1 N–H and O–H groups in total. The number of Topliss-reactive ketones (excluding diaryl/α,β-unsaturated/α-hetero) is 1. The highest BCUT2D eigenvalue weighted by Crippen LogP contribution is 2.34. The van der Waals surface area contributed by atoms with Crippen LogP contribution in [-0.4, -0.2) is 40.9 Å². The number of piperidine rings is 2. The van der Waals surface area contributed by atoms with E-state index in [4.69, 9.17) is 0 Å². The molecule has 2 bridgehead atoms. The Labute approximate surface area is 83.4 Å². The van der Waals surface area contributed by atoms with Gasteiger partial charge in [0.05, 0.1) is 0 Å². The Morgan fingerprint density at radius 2 is 2.29 bits per heavy atom. The lowest BCUT2D eigenvalue weighted by Gasteiger charge is -2.47. The van der Waals surface area contributed by atoms with Gasteiger partial charge in [-0.15, -0.1) is 0 Å². The third-order valence-corrected chi connectivity index (χ3v) is 3.36. The number of fused-ring (bicyclic) bond motifs is 2. The molecule has 0 aliphatic carbocycles. The molecule has 2 aliphatic rings. The third-order valence-electron chi connectivity index (χ3n) is 3.36. The maximum atomic E-state index is 13.6. The minimum Gasteiger partial charge on any atom is -0.437 e. The minimum absolute atomic E-state index is 0.0632. The van der Waals surface area contributed by atoms with E-state index in [-0.39, 0.29) is 24.3 Å². The second-order valence-electron chi connectivity index (χ2n) is 4.30. The maximum Gasteiger partial charge on any atom is 0.376 e.